The van der Waals surface area contributed by atoms with Crippen LogP contribution in [0.1, 0.15) is 27.7 Å². The van der Waals surface area contributed by atoms with Crippen LogP contribution in [-0.2, 0) is 9.59 Å². The zero-order chi connectivity index (χ0) is 15.8. The molecule has 0 aromatic heterocycles. The van der Waals surface area contributed by atoms with Gasteiger partial charge in [-0.3, -0.25) is 0 Å². The van der Waals surface area contributed by atoms with Gasteiger partial charge in [0, 0.05) is 0 Å². The second-order valence-electron chi connectivity index (χ2n) is 4.31. The molecule has 5 heteroatoms. The molecule has 0 aromatic rings. The average molecular weight is 301 g/mol. The Bertz CT molecular complexity index is 405. The number of rotatable bonds is 7. The Labute approximate surface area is 142 Å². The molecule has 0 aliphatic rings. The number of carboxylic acid groups (broad SMARTS) is 2. The molecule has 0 aliphatic heterocycles. The fourth-order valence-corrected chi connectivity index (χ4v) is 2.32. The van der Waals surface area contributed by atoms with Crippen molar-refractivity contribution in [3.63, 3.8) is 0 Å². The maximum atomic E-state index is 11.7. The quantitative estimate of drug-likeness (QED) is 0.503. The van der Waals surface area contributed by atoms with Crippen molar-refractivity contribution in [3.05, 3.63) is 48.6 Å². The summed E-state index contributed by atoms with van der Waals surface area (Å²) in [5.41, 5.74) is -3.71. The standard InChI is InChI=1S/C16H22O4.Mg/c1-5-9-15(10-6-2,13(17)18)16(11-7-3,12-8-4)14(19)20;/h5-12H,1-4H3,(H,17,18)(H,19,20);/q;+2/p-2. The molecule has 0 aromatic carbocycles. The van der Waals surface area contributed by atoms with Crippen molar-refractivity contribution in [3.8, 4) is 0 Å². The van der Waals surface area contributed by atoms with Gasteiger partial charge >= 0.3 is 23.1 Å². The number of carbonyl (C=O) groups excluding carboxylic acids is 2. The first-order valence-electron chi connectivity index (χ1n) is 6.36. The van der Waals surface area contributed by atoms with Crippen LogP contribution >= 0.6 is 0 Å². The number of allylic oxidation sites excluding steroid dienone is 4. The first-order valence-corrected chi connectivity index (χ1v) is 6.36. The Balaban J connectivity index is 0. The molecule has 0 saturated carbocycles. The normalized spacial score (nSPS) is 17.9. The van der Waals surface area contributed by atoms with Crippen LogP contribution in [0.5, 0.6) is 0 Å². The predicted octanol–water partition coefficient (Wildman–Crippen LogP) is 0.383. The molecule has 0 radical (unpaired) electrons. The molecule has 0 aliphatic carbocycles. The molecule has 0 unspecified atom stereocenters. The van der Waals surface area contributed by atoms with E-state index in [4.69, 9.17) is 0 Å². The van der Waals surface area contributed by atoms with Crippen molar-refractivity contribution < 1.29 is 19.8 Å². The second-order valence-corrected chi connectivity index (χ2v) is 4.31. The van der Waals surface area contributed by atoms with E-state index in [2.05, 4.69) is 0 Å². The molecule has 0 fully saturated rings. The first-order chi connectivity index (χ1) is 9.38. The van der Waals surface area contributed by atoms with Crippen LogP contribution < -0.4 is 10.2 Å². The summed E-state index contributed by atoms with van der Waals surface area (Å²) in [7, 11) is 0. The predicted molar refractivity (Wildman–Crippen MR) is 79.9 cm³/mol. The van der Waals surface area contributed by atoms with E-state index in [9.17, 15) is 19.8 Å². The summed E-state index contributed by atoms with van der Waals surface area (Å²) in [6.45, 7) is 6.47. The maximum Gasteiger partial charge on any atom is 2.00 e. The summed E-state index contributed by atoms with van der Waals surface area (Å²) in [5.74, 6) is -3.01. The van der Waals surface area contributed by atoms with Gasteiger partial charge in [-0.25, -0.2) is 0 Å². The van der Waals surface area contributed by atoms with Gasteiger partial charge in [-0.05, 0) is 27.7 Å². The third kappa shape index (κ3) is 4.08. The van der Waals surface area contributed by atoms with Gasteiger partial charge in [0.15, 0.2) is 0 Å². The number of aliphatic carboxylic acids is 2. The van der Waals surface area contributed by atoms with Crippen molar-refractivity contribution in [2.45, 2.75) is 27.7 Å². The molecule has 0 spiro atoms. The van der Waals surface area contributed by atoms with Gasteiger partial charge in [-0.2, -0.15) is 0 Å². The van der Waals surface area contributed by atoms with Crippen molar-refractivity contribution in [2.24, 2.45) is 10.8 Å². The number of carbonyl (C=O) groups is 2. The van der Waals surface area contributed by atoms with E-state index in [-0.39, 0.29) is 23.1 Å². The topological polar surface area (TPSA) is 80.3 Å². The minimum absolute atomic E-state index is 0. The fourth-order valence-electron chi connectivity index (χ4n) is 2.32. The van der Waals surface area contributed by atoms with E-state index >= 15 is 0 Å². The Kier molecular flexibility index (Phi) is 10.0. The molecule has 0 saturated heterocycles. The van der Waals surface area contributed by atoms with E-state index in [0.717, 1.165) is 0 Å². The van der Waals surface area contributed by atoms with Crippen LogP contribution in [0.25, 0.3) is 0 Å². The van der Waals surface area contributed by atoms with E-state index in [1.54, 1.807) is 27.7 Å². The summed E-state index contributed by atoms with van der Waals surface area (Å²) >= 11 is 0. The average Bonchev–Trinajstić information content (AvgIpc) is 2.37. The van der Waals surface area contributed by atoms with Crippen molar-refractivity contribution in [1.82, 2.24) is 0 Å². The molecule has 110 valence electrons. The number of hydrogen-bond donors (Lipinski definition) is 0. The van der Waals surface area contributed by atoms with Crippen molar-refractivity contribution in [2.75, 3.05) is 0 Å². The van der Waals surface area contributed by atoms with Gasteiger partial charge in [0.2, 0.25) is 0 Å². The van der Waals surface area contributed by atoms with E-state index < -0.39 is 22.8 Å². The Hall–Kier alpha value is -1.33. The molecule has 0 atom stereocenters. The van der Waals surface area contributed by atoms with Crippen LogP contribution in [0.15, 0.2) is 48.6 Å². The van der Waals surface area contributed by atoms with Gasteiger partial charge in [0.1, 0.15) is 0 Å². The van der Waals surface area contributed by atoms with E-state index in [0.29, 0.717) is 0 Å². The van der Waals surface area contributed by atoms with Crippen LogP contribution in [0, 0.1) is 10.8 Å². The van der Waals surface area contributed by atoms with Crippen LogP contribution in [0.2, 0.25) is 0 Å². The van der Waals surface area contributed by atoms with Gasteiger partial charge in [0.25, 0.3) is 0 Å². The van der Waals surface area contributed by atoms with Gasteiger partial charge in [-0.1, -0.05) is 48.6 Å². The minimum atomic E-state index is -1.85. The van der Waals surface area contributed by atoms with Gasteiger partial charge in [-0.15, -0.1) is 0 Å². The Morgan fingerprint density at radius 1 is 0.667 bits per heavy atom. The summed E-state index contributed by atoms with van der Waals surface area (Å²) < 4.78 is 0. The first kappa shape index (κ1) is 22.0. The summed E-state index contributed by atoms with van der Waals surface area (Å²) in [6, 6.07) is 0. The van der Waals surface area contributed by atoms with Crippen molar-refractivity contribution in [1.29, 1.82) is 0 Å². The molecule has 4 nitrogen and oxygen atoms in total. The fraction of sp³-hybridized carbons (Fsp3) is 0.375. The Morgan fingerprint density at radius 3 is 0.952 bits per heavy atom. The van der Waals surface area contributed by atoms with E-state index in [1.807, 2.05) is 0 Å². The van der Waals surface area contributed by atoms with Crippen LogP contribution in [0.4, 0.5) is 0 Å². The summed E-state index contributed by atoms with van der Waals surface area (Å²) in [4.78, 5) is 23.5. The van der Waals surface area contributed by atoms with Gasteiger partial charge < -0.3 is 19.8 Å². The molecule has 0 N–H and O–H groups in total. The monoisotopic (exact) mass is 300 g/mol. The maximum absolute atomic E-state index is 11.7. The summed E-state index contributed by atoms with van der Waals surface area (Å²) in [5, 5.41) is 23.5. The molecular weight excluding hydrogens is 280 g/mol. The summed E-state index contributed by atoms with van der Waals surface area (Å²) in [6.07, 6.45) is 11.2. The minimum Gasteiger partial charge on any atom is -0.549 e. The Morgan fingerprint density at radius 2 is 0.857 bits per heavy atom. The molecule has 0 bridgehead atoms. The molecule has 0 amide bonds. The number of hydrogen-bond acceptors (Lipinski definition) is 4. The number of carboxylic acids is 2. The smallest absolute Gasteiger partial charge is 0.549 e. The third-order valence-corrected chi connectivity index (χ3v) is 3.08. The van der Waals surface area contributed by atoms with Crippen LogP contribution in [-0.4, -0.2) is 35.0 Å². The molecule has 0 rings (SSSR count). The van der Waals surface area contributed by atoms with Crippen LogP contribution in [0.3, 0.4) is 0 Å². The van der Waals surface area contributed by atoms with Crippen molar-refractivity contribution >= 4 is 35.0 Å². The molecule has 0 heterocycles. The second kappa shape index (κ2) is 9.58. The van der Waals surface area contributed by atoms with Gasteiger partial charge in [0.05, 0.1) is 22.8 Å². The SMILES string of the molecule is CC=CC(C=CC)(C(=O)[O-])C(C=CC)(C=CC)C(=O)[O-].[Mg+2]. The molecule has 21 heavy (non-hydrogen) atoms. The zero-order valence-corrected chi connectivity index (χ0v) is 14.4. The van der Waals surface area contributed by atoms with E-state index in [1.165, 1.54) is 48.6 Å². The molecular formula is C16H20MgO4. The largest absolute Gasteiger partial charge is 2.00 e. The zero-order valence-electron chi connectivity index (χ0n) is 13.0. The third-order valence-electron chi connectivity index (χ3n) is 3.08.